The van der Waals surface area contributed by atoms with Crippen molar-refractivity contribution in [1.29, 1.82) is 0 Å². The van der Waals surface area contributed by atoms with Gasteiger partial charge < -0.3 is 14.9 Å². The van der Waals surface area contributed by atoms with Crippen molar-refractivity contribution < 1.29 is 29.3 Å². The van der Waals surface area contributed by atoms with Gasteiger partial charge in [0.1, 0.15) is 6.10 Å². The van der Waals surface area contributed by atoms with E-state index in [1.54, 1.807) is 6.92 Å². The van der Waals surface area contributed by atoms with Crippen molar-refractivity contribution in [2.24, 2.45) is 29.1 Å². The van der Waals surface area contributed by atoms with Crippen LogP contribution in [0.4, 0.5) is 0 Å². The molecule has 4 saturated carbocycles. The molecule has 4 bridgehead atoms. The SMILES string of the molecule is CCC1(C(=C(C)C(=O)O)C(=C(C)C(=O)O)C2CCC(=O)O2)C2CC3CC(C2)CC1C3. The molecule has 6 heteroatoms. The molecule has 0 aromatic rings. The lowest BCUT2D eigenvalue weighted by Gasteiger charge is -2.63. The van der Waals surface area contributed by atoms with Crippen molar-refractivity contribution in [3.8, 4) is 0 Å². The third-order valence-corrected chi connectivity index (χ3v) is 8.54. The van der Waals surface area contributed by atoms with E-state index in [9.17, 15) is 24.6 Å². The van der Waals surface area contributed by atoms with Crippen LogP contribution in [0.25, 0.3) is 0 Å². The molecule has 2 N–H and O–H groups in total. The lowest BCUT2D eigenvalue weighted by Crippen LogP contribution is -2.54. The van der Waals surface area contributed by atoms with Crippen LogP contribution in [0.15, 0.2) is 22.3 Å². The molecule has 30 heavy (non-hydrogen) atoms. The van der Waals surface area contributed by atoms with Crippen LogP contribution >= 0.6 is 0 Å². The second kappa shape index (κ2) is 7.54. The highest BCUT2D eigenvalue weighted by molar-refractivity contribution is 5.92. The fraction of sp³-hybridized carbons (Fsp3) is 0.708. The molecule has 5 fully saturated rings. The quantitative estimate of drug-likeness (QED) is 0.379. The van der Waals surface area contributed by atoms with Gasteiger partial charge in [0.05, 0.1) is 0 Å². The van der Waals surface area contributed by atoms with E-state index in [1.165, 1.54) is 13.3 Å². The van der Waals surface area contributed by atoms with Crippen molar-refractivity contribution in [3.63, 3.8) is 0 Å². The number of esters is 1. The zero-order valence-corrected chi connectivity index (χ0v) is 18.1. The highest BCUT2D eigenvalue weighted by atomic mass is 16.5. The zero-order chi connectivity index (χ0) is 21.8. The van der Waals surface area contributed by atoms with Crippen LogP contribution in [-0.4, -0.2) is 34.2 Å². The topological polar surface area (TPSA) is 101 Å². The minimum atomic E-state index is -1.08. The number of carbonyl (C=O) groups is 3. The number of hydrogen-bond donors (Lipinski definition) is 2. The van der Waals surface area contributed by atoms with Gasteiger partial charge >= 0.3 is 17.9 Å². The molecular weight excluding hydrogens is 384 g/mol. The molecule has 6 nitrogen and oxygen atoms in total. The van der Waals surface area contributed by atoms with Gasteiger partial charge in [-0.15, -0.1) is 0 Å². The first-order valence-corrected chi connectivity index (χ1v) is 11.3. The molecule has 0 aromatic heterocycles. The highest BCUT2D eigenvalue weighted by Crippen LogP contribution is 2.67. The van der Waals surface area contributed by atoms with E-state index >= 15 is 0 Å². The van der Waals surface area contributed by atoms with E-state index in [-0.39, 0.29) is 29.0 Å². The summed E-state index contributed by atoms with van der Waals surface area (Å²) in [5.41, 5.74) is 1.06. The standard InChI is InChI=1S/C24H32O6/c1-4-24(16-8-14-7-15(10-16)11-17(24)9-14)21(13(3)23(28)29)20(12(2)22(26)27)18-5-6-19(25)30-18/h14-18H,4-11H2,1-3H3,(H,26,27)(H,28,29). The number of carboxylic acid groups (broad SMARTS) is 2. The zero-order valence-electron chi connectivity index (χ0n) is 18.1. The molecule has 164 valence electrons. The van der Waals surface area contributed by atoms with Gasteiger partial charge in [-0.05, 0) is 88.0 Å². The first-order valence-electron chi connectivity index (χ1n) is 11.3. The van der Waals surface area contributed by atoms with Gasteiger partial charge in [-0.3, -0.25) is 4.79 Å². The minimum Gasteiger partial charge on any atom is -0.478 e. The van der Waals surface area contributed by atoms with Crippen LogP contribution in [0.3, 0.4) is 0 Å². The predicted octanol–water partition coefficient (Wildman–Crippen LogP) is 4.35. The molecule has 0 spiro atoms. The van der Waals surface area contributed by atoms with E-state index < -0.39 is 18.0 Å². The summed E-state index contributed by atoms with van der Waals surface area (Å²) in [6.07, 6.45) is 6.34. The maximum atomic E-state index is 12.3. The Balaban J connectivity index is 1.95. The van der Waals surface area contributed by atoms with E-state index in [0.717, 1.165) is 32.1 Å². The molecule has 1 aliphatic heterocycles. The highest BCUT2D eigenvalue weighted by Gasteiger charge is 2.59. The fourth-order valence-corrected chi connectivity index (χ4v) is 7.53. The van der Waals surface area contributed by atoms with Crippen molar-refractivity contribution in [2.75, 3.05) is 0 Å². The first kappa shape index (κ1) is 21.1. The summed E-state index contributed by atoms with van der Waals surface area (Å²) in [5.74, 6) is -0.329. The summed E-state index contributed by atoms with van der Waals surface area (Å²) in [7, 11) is 0. The maximum absolute atomic E-state index is 12.3. The van der Waals surface area contributed by atoms with Gasteiger partial charge in [-0.1, -0.05) is 6.92 Å². The molecule has 1 heterocycles. The average Bonchev–Trinajstić information content (AvgIpc) is 3.11. The van der Waals surface area contributed by atoms with Gasteiger partial charge in [0.25, 0.3) is 0 Å². The largest absolute Gasteiger partial charge is 0.478 e. The monoisotopic (exact) mass is 416 g/mol. The summed E-state index contributed by atoms with van der Waals surface area (Å²) in [5, 5.41) is 19.9. The molecular formula is C24H32O6. The van der Waals surface area contributed by atoms with Gasteiger partial charge in [0.2, 0.25) is 0 Å². The summed E-state index contributed by atoms with van der Waals surface area (Å²) >= 11 is 0. The number of rotatable bonds is 6. The molecule has 1 atom stereocenters. The van der Waals surface area contributed by atoms with E-state index in [2.05, 4.69) is 6.92 Å². The maximum Gasteiger partial charge on any atom is 0.331 e. The van der Waals surface area contributed by atoms with Crippen LogP contribution in [0.1, 0.15) is 72.1 Å². The third-order valence-electron chi connectivity index (χ3n) is 8.54. The molecule has 5 aliphatic rings. The Labute approximate surface area is 177 Å². The van der Waals surface area contributed by atoms with Crippen LogP contribution < -0.4 is 0 Å². The number of cyclic esters (lactones) is 1. The molecule has 0 aromatic carbocycles. The Kier molecular flexibility index (Phi) is 5.31. The Morgan fingerprint density at radius 2 is 1.50 bits per heavy atom. The van der Waals surface area contributed by atoms with Gasteiger partial charge in [-0.2, -0.15) is 0 Å². The molecule has 4 aliphatic carbocycles. The first-order chi connectivity index (χ1) is 14.2. The fourth-order valence-electron chi connectivity index (χ4n) is 7.53. The Morgan fingerprint density at radius 3 is 1.90 bits per heavy atom. The third kappa shape index (κ3) is 3.10. The number of carboxylic acids is 2. The Bertz CT molecular complexity index is 820. The van der Waals surface area contributed by atoms with E-state index in [1.807, 2.05) is 0 Å². The van der Waals surface area contributed by atoms with Crippen LogP contribution in [-0.2, 0) is 19.1 Å². The van der Waals surface area contributed by atoms with E-state index in [0.29, 0.717) is 41.2 Å². The van der Waals surface area contributed by atoms with Crippen molar-refractivity contribution >= 4 is 17.9 Å². The molecule has 0 amide bonds. The summed E-state index contributed by atoms with van der Waals surface area (Å²) in [4.78, 5) is 36.3. The van der Waals surface area contributed by atoms with Crippen LogP contribution in [0.2, 0.25) is 0 Å². The number of aliphatic carboxylic acids is 2. The normalized spacial score (nSPS) is 38.8. The van der Waals surface area contributed by atoms with Gasteiger partial charge in [0.15, 0.2) is 0 Å². The Morgan fingerprint density at radius 1 is 0.967 bits per heavy atom. The molecule has 5 rings (SSSR count). The van der Waals surface area contributed by atoms with Gasteiger partial charge in [-0.25, -0.2) is 9.59 Å². The van der Waals surface area contributed by atoms with Crippen molar-refractivity contribution in [3.05, 3.63) is 22.3 Å². The summed E-state index contributed by atoms with van der Waals surface area (Å²) < 4.78 is 5.55. The predicted molar refractivity (Wildman–Crippen MR) is 110 cm³/mol. The lowest BCUT2D eigenvalue weighted by atomic mass is 9.42. The second-order valence-corrected chi connectivity index (χ2v) is 9.86. The van der Waals surface area contributed by atoms with Crippen LogP contribution in [0, 0.1) is 29.1 Å². The Hall–Kier alpha value is -2.11. The average molecular weight is 417 g/mol. The smallest absolute Gasteiger partial charge is 0.331 e. The van der Waals surface area contributed by atoms with Gasteiger partial charge in [0, 0.05) is 28.6 Å². The lowest BCUT2D eigenvalue weighted by molar-refractivity contribution is -0.141. The van der Waals surface area contributed by atoms with Crippen LogP contribution in [0.5, 0.6) is 0 Å². The van der Waals surface area contributed by atoms with E-state index in [4.69, 9.17) is 4.74 Å². The summed E-state index contributed by atoms with van der Waals surface area (Å²) in [6, 6.07) is 0. The number of ether oxygens (including phenoxy) is 1. The molecule has 1 unspecified atom stereocenters. The molecule has 0 radical (unpaired) electrons. The van der Waals surface area contributed by atoms with Crippen molar-refractivity contribution in [1.82, 2.24) is 0 Å². The number of hydrogen-bond acceptors (Lipinski definition) is 4. The summed E-state index contributed by atoms with van der Waals surface area (Å²) in [6.45, 7) is 5.25. The number of carbonyl (C=O) groups excluding carboxylic acids is 1. The van der Waals surface area contributed by atoms with Crippen molar-refractivity contribution in [2.45, 2.75) is 78.2 Å². The minimum absolute atomic E-state index is 0.104. The molecule has 1 saturated heterocycles. The second-order valence-electron chi connectivity index (χ2n) is 9.86.